The summed E-state index contributed by atoms with van der Waals surface area (Å²) in [6, 6.07) is 6.02. The molecule has 0 aliphatic carbocycles. The minimum atomic E-state index is 0.399. The number of nitrogens with zero attached hydrogens (tertiary/aromatic N) is 2. The normalized spacial score (nSPS) is 12.8. The first-order valence-corrected chi connectivity index (χ1v) is 6.30. The molecule has 96 valence electrons. The smallest absolute Gasteiger partial charge is 0.0617 e. The molecule has 0 saturated carbocycles. The molecule has 4 heteroatoms. The highest BCUT2D eigenvalue weighted by Crippen LogP contribution is 2.28. The van der Waals surface area contributed by atoms with E-state index in [-0.39, 0.29) is 0 Å². The molecule has 1 aromatic carbocycles. The van der Waals surface area contributed by atoms with Gasteiger partial charge in [0.15, 0.2) is 0 Å². The molecule has 1 atom stereocenters. The van der Waals surface area contributed by atoms with Gasteiger partial charge >= 0.3 is 0 Å². The lowest BCUT2D eigenvalue weighted by Crippen LogP contribution is -2.40. The Morgan fingerprint density at radius 3 is 2.53 bits per heavy atom. The van der Waals surface area contributed by atoms with Gasteiger partial charge in [-0.2, -0.15) is 0 Å². The molecule has 0 aliphatic rings. The van der Waals surface area contributed by atoms with Crippen LogP contribution in [0, 0.1) is 0 Å². The van der Waals surface area contributed by atoms with Crippen LogP contribution in [0.15, 0.2) is 18.2 Å². The van der Waals surface area contributed by atoms with Gasteiger partial charge in [0.25, 0.3) is 0 Å². The number of nitrogens with two attached hydrogens (primary N) is 1. The van der Waals surface area contributed by atoms with Crippen LogP contribution in [0.4, 0.5) is 11.4 Å². The molecule has 1 unspecified atom stereocenters. The largest absolute Gasteiger partial charge is 0.397 e. The number of rotatable bonds is 5. The Hall–Kier alpha value is -0.930. The summed E-state index contributed by atoms with van der Waals surface area (Å²) in [5.74, 6) is 0. The van der Waals surface area contributed by atoms with E-state index in [2.05, 4.69) is 37.7 Å². The van der Waals surface area contributed by atoms with Crippen molar-refractivity contribution in [3.05, 3.63) is 23.2 Å². The van der Waals surface area contributed by atoms with E-state index in [1.54, 1.807) is 0 Å². The molecule has 0 fully saturated rings. The summed E-state index contributed by atoms with van der Waals surface area (Å²) in [6.07, 6.45) is 0. The van der Waals surface area contributed by atoms with E-state index in [0.29, 0.717) is 6.04 Å². The van der Waals surface area contributed by atoms with Crippen molar-refractivity contribution >= 4 is 23.0 Å². The molecule has 1 rings (SSSR count). The van der Waals surface area contributed by atoms with Gasteiger partial charge in [-0.05, 0) is 46.1 Å². The molecule has 0 heterocycles. The van der Waals surface area contributed by atoms with Crippen molar-refractivity contribution in [2.45, 2.75) is 19.9 Å². The fourth-order valence-corrected chi connectivity index (χ4v) is 2.28. The molecule has 0 radical (unpaired) electrons. The van der Waals surface area contributed by atoms with Gasteiger partial charge in [-0.15, -0.1) is 0 Å². The average molecular weight is 256 g/mol. The second-order valence-electron chi connectivity index (χ2n) is 4.60. The Bertz CT molecular complexity index is 366. The van der Waals surface area contributed by atoms with Gasteiger partial charge < -0.3 is 15.5 Å². The number of likely N-dealkylation sites (N-methyl/N-ethyl adjacent to an activating group) is 2. The third-order valence-corrected chi connectivity index (χ3v) is 3.04. The van der Waals surface area contributed by atoms with Crippen LogP contribution in [0.2, 0.25) is 5.02 Å². The third-order valence-electron chi connectivity index (χ3n) is 2.80. The van der Waals surface area contributed by atoms with Crippen molar-refractivity contribution in [1.29, 1.82) is 0 Å². The molecular formula is C13H22ClN3. The van der Waals surface area contributed by atoms with E-state index in [0.717, 1.165) is 29.5 Å². The first kappa shape index (κ1) is 14.1. The van der Waals surface area contributed by atoms with Gasteiger partial charge in [0.05, 0.1) is 11.4 Å². The minimum Gasteiger partial charge on any atom is -0.397 e. The average Bonchev–Trinajstić information content (AvgIpc) is 2.23. The maximum absolute atomic E-state index is 6.04. The van der Waals surface area contributed by atoms with Gasteiger partial charge in [0.1, 0.15) is 0 Å². The Labute approximate surface area is 109 Å². The Balaban J connectivity index is 2.96. The Morgan fingerprint density at radius 1 is 1.35 bits per heavy atom. The molecule has 0 amide bonds. The van der Waals surface area contributed by atoms with Crippen molar-refractivity contribution in [2.24, 2.45) is 0 Å². The lowest BCUT2D eigenvalue weighted by Gasteiger charge is -2.33. The van der Waals surface area contributed by atoms with E-state index in [4.69, 9.17) is 17.3 Å². The predicted molar refractivity (Wildman–Crippen MR) is 76.9 cm³/mol. The molecule has 0 aromatic heterocycles. The molecule has 3 nitrogen and oxygen atoms in total. The highest BCUT2D eigenvalue weighted by Gasteiger charge is 2.16. The fourth-order valence-electron chi connectivity index (χ4n) is 2.11. The van der Waals surface area contributed by atoms with Crippen molar-refractivity contribution in [3.63, 3.8) is 0 Å². The second-order valence-corrected chi connectivity index (χ2v) is 5.04. The van der Waals surface area contributed by atoms with Crippen LogP contribution < -0.4 is 10.6 Å². The molecule has 17 heavy (non-hydrogen) atoms. The first-order chi connectivity index (χ1) is 7.95. The Kier molecular flexibility index (Phi) is 5.09. The van der Waals surface area contributed by atoms with Crippen molar-refractivity contribution in [2.75, 3.05) is 37.8 Å². The zero-order chi connectivity index (χ0) is 13.0. The number of anilines is 2. The highest BCUT2D eigenvalue weighted by atomic mass is 35.5. The molecular weight excluding hydrogens is 234 g/mol. The van der Waals surface area contributed by atoms with Gasteiger partial charge in [-0.3, -0.25) is 0 Å². The van der Waals surface area contributed by atoms with Crippen LogP contribution in [0.3, 0.4) is 0 Å². The van der Waals surface area contributed by atoms with Crippen LogP contribution in [0.25, 0.3) is 0 Å². The lowest BCUT2D eigenvalue weighted by atomic mass is 10.2. The van der Waals surface area contributed by atoms with E-state index in [1.807, 2.05) is 18.2 Å². The molecule has 1 aromatic rings. The zero-order valence-corrected chi connectivity index (χ0v) is 11.8. The van der Waals surface area contributed by atoms with E-state index in [1.165, 1.54) is 0 Å². The molecule has 0 spiro atoms. The summed E-state index contributed by atoms with van der Waals surface area (Å²) in [5, 5.41) is 0.727. The second kappa shape index (κ2) is 6.12. The van der Waals surface area contributed by atoms with Crippen LogP contribution in [-0.2, 0) is 0 Å². The lowest BCUT2D eigenvalue weighted by molar-refractivity contribution is 0.373. The monoisotopic (exact) mass is 255 g/mol. The van der Waals surface area contributed by atoms with E-state index in [9.17, 15) is 0 Å². The molecule has 0 bridgehead atoms. The van der Waals surface area contributed by atoms with E-state index >= 15 is 0 Å². The number of halogens is 1. The first-order valence-electron chi connectivity index (χ1n) is 5.92. The number of hydrogen-bond donors (Lipinski definition) is 1. The van der Waals surface area contributed by atoms with Crippen LogP contribution in [0.1, 0.15) is 13.8 Å². The zero-order valence-electron chi connectivity index (χ0n) is 11.1. The summed E-state index contributed by atoms with van der Waals surface area (Å²) in [4.78, 5) is 4.45. The van der Waals surface area contributed by atoms with E-state index < -0.39 is 0 Å². The van der Waals surface area contributed by atoms with Crippen molar-refractivity contribution in [1.82, 2.24) is 4.90 Å². The fraction of sp³-hybridized carbons (Fsp3) is 0.538. The predicted octanol–water partition coefficient (Wildman–Crippen LogP) is 2.70. The summed E-state index contributed by atoms with van der Waals surface area (Å²) >= 11 is 6.04. The van der Waals surface area contributed by atoms with Gasteiger partial charge in [-0.25, -0.2) is 0 Å². The minimum absolute atomic E-state index is 0.399. The molecule has 2 N–H and O–H groups in total. The summed E-state index contributed by atoms with van der Waals surface area (Å²) in [6.45, 7) is 6.23. The third kappa shape index (κ3) is 3.79. The van der Waals surface area contributed by atoms with Crippen LogP contribution >= 0.6 is 11.6 Å². The van der Waals surface area contributed by atoms with Crippen LogP contribution in [-0.4, -0.2) is 38.1 Å². The number of hydrogen-bond acceptors (Lipinski definition) is 3. The number of benzene rings is 1. The molecule has 0 saturated heterocycles. The maximum atomic E-state index is 6.04. The summed E-state index contributed by atoms with van der Waals surface area (Å²) in [5.41, 5.74) is 7.82. The maximum Gasteiger partial charge on any atom is 0.0617 e. The topological polar surface area (TPSA) is 32.5 Å². The SMILES string of the molecule is CCN(c1cc(Cl)ccc1N)C(C)CN(C)C. The van der Waals surface area contributed by atoms with Crippen molar-refractivity contribution < 1.29 is 0 Å². The van der Waals surface area contributed by atoms with Gasteiger partial charge in [0.2, 0.25) is 0 Å². The van der Waals surface area contributed by atoms with Gasteiger partial charge in [0, 0.05) is 24.2 Å². The Morgan fingerprint density at radius 2 is 2.00 bits per heavy atom. The summed E-state index contributed by atoms with van der Waals surface area (Å²) in [7, 11) is 4.15. The summed E-state index contributed by atoms with van der Waals surface area (Å²) < 4.78 is 0. The molecule has 0 aliphatic heterocycles. The standard InChI is InChI=1S/C13H22ClN3/c1-5-17(10(2)9-16(3)4)13-8-11(14)6-7-12(13)15/h6-8,10H,5,9,15H2,1-4H3. The quantitative estimate of drug-likeness (QED) is 0.822. The number of nitrogen functional groups attached to an aromatic ring is 1. The van der Waals surface area contributed by atoms with Crippen LogP contribution in [0.5, 0.6) is 0 Å². The highest BCUT2D eigenvalue weighted by molar-refractivity contribution is 6.31. The van der Waals surface area contributed by atoms with Crippen molar-refractivity contribution in [3.8, 4) is 0 Å². The van der Waals surface area contributed by atoms with Gasteiger partial charge in [-0.1, -0.05) is 11.6 Å².